The molecule has 0 aliphatic carbocycles. The van der Waals surface area contributed by atoms with Crippen molar-refractivity contribution < 1.29 is 28.9 Å². The lowest BCUT2D eigenvalue weighted by Gasteiger charge is -2.23. The maximum atomic E-state index is 13.7. The van der Waals surface area contributed by atoms with Crippen LogP contribution in [0.2, 0.25) is 0 Å². The molecular formula is C35H28N2O6S. The van der Waals surface area contributed by atoms with E-state index in [2.05, 4.69) is 0 Å². The molecule has 4 aromatic carbocycles. The number of rotatable bonds is 7. The van der Waals surface area contributed by atoms with Crippen molar-refractivity contribution in [1.29, 1.82) is 0 Å². The summed E-state index contributed by atoms with van der Waals surface area (Å²) >= 11 is 1.28. The third kappa shape index (κ3) is 4.95. The Labute approximate surface area is 257 Å². The van der Waals surface area contributed by atoms with Gasteiger partial charge in [0.15, 0.2) is 5.13 Å². The van der Waals surface area contributed by atoms with Crippen molar-refractivity contribution in [2.45, 2.75) is 32.1 Å². The van der Waals surface area contributed by atoms with Crippen LogP contribution in [-0.4, -0.2) is 35.0 Å². The van der Waals surface area contributed by atoms with E-state index in [0.29, 0.717) is 46.3 Å². The van der Waals surface area contributed by atoms with Gasteiger partial charge in [0.1, 0.15) is 35.7 Å². The first-order chi connectivity index (χ1) is 21.4. The summed E-state index contributed by atoms with van der Waals surface area (Å²) in [6.45, 7) is 2.38. The van der Waals surface area contributed by atoms with Crippen molar-refractivity contribution in [3.8, 4) is 17.2 Å². The smallest absolute Gasteiger partial charge is 0.301 e. The van der Waals surface area contributed by atoms with E-state index in [0.717, 1.165) is 21.6 Å². The number of ether oxygens (including phenoxy) is 3. The molecule has 220 valence electrons. The van der Waals surface area contributed by atoms with E-state index in [9.17, 15) is 14.7 Å². The Morgan fingerprint density at radius 2 is 1.77 bits per heavy atom. The fourth-order valence-electron chi connectivity index (χ4n) is 5.68. The predicted octanol–water partition coefficient (Wildman–Crippen LogP) is 6.83. The second-order valence-electron chi connectivity index (χ2n) is 10.8. The lowest BCUT2D eigenvalue weighted by Crippen LogP contribution is -2.29. The first-order valence-corrected chi connectivity index (χ1v) is 15.0. The number of carbonyl (C=O) groups excluding carboxylic acids is 2. The monoisotopic (exact) mass is 604 g/mol. The molecule has 2 atom stereocenters. The second-order valence-corrected chi connectivity index (χ2v) is 11.8. The molecule has 44 heavy (non-hydrogen) atoms. The van der Waals surface area contributed by atoms with Gasteiger partial charge in [0, 0.05) is 12.0 Å². The fourth-order valence-corrected chi connectivity index (χ4v) is 6.70. The summed E-state index contributed by atoms with van der Waals surface area (Å²) in [5.74, 6) is 0.262. The molecule has 0 radical (unpaired) electrons. The van der Waals surface area contributed by atoms with Gasteiger partial charge in [0.25, 0.3) is 5.78 Å². The molecule has 0 bridgehead atoms. The van der Waals surface area contributed by atoms with Crippen molar-refractivity contribution in [2.24, 2.45) is 0 Å². The van der Waals surface area contributed by atoms with Gasteiger partial charge in [0.05, 0.1) is 28.9 Å². The molecule has 1 saturated heterocycles. The van der Waals surface area contributed by atoms with Gasteiger partial charge in [-0.15, -0.1) is 0 Å². The summed E-state index contributed by atoms with van der Waals surface area (Å²) in [6, 6.07) is 26.9. The van der Waals surface area contributed by atoms with Gasteiger partial charge in [-0.3, -0.25) is 14.5 Å². The highest BCUT2D eigenvalue weighted by Crippen LogP contribution is 2.45. The molecule has 8 nitrogen and oxygen atoms in total. The number of anilines is 1. The van der Waals surface area contributed by atoms with Crippen molar-refractivity contribution in [2.75, 3.05) is 12.0 Å². The zero-order valence-electron chi connectivity index (χ0n) is 24.0. The van der Waals surface area contributed by atoms with Crippen molar-refractivity contribution in [3.05, 3.63) is 119 Å². The van der Waals surface area contributed by atoms with Crippen LogP contribution in [0.5, 0.6) is 17.2 Å². The topological polar surface area (TPSA) is 98.2 Å². The minimum Gasteiger partial charge on any atom is -0.507 e. The van der Waals surface area contributed by atoms with E-state index in [1.54, 1.807) is 37.4 Å². The number of fused-ring (bicyclic) bond motifs is 2. The minimum absolute atomic E-state index is 0.00305. The van der Waals surface area contributed by atoms with Crippen molar-refractivity contribution >= 4 is 44.1 Å². The fraction of sp³-hybridized carbons (Fsp3) is 0.171. The van der Waals surface area contributed by atoms with E-state index in [4.69, 9.17) is 19.2 Å². The van der Waals surface area contributed by atoms with Gasteiger partial charge >= 0.3 is 5.91 Å². The lowest BCUT2D eigenvalue weighted by molar-refractivity contribution is -0.132. The molecule has 9 heteroatoms. The van der Waals surface area contributed by atoms with Crippen LogP contribution in [0.15, 0.2) is 96.6 Å². The van der Waals surface area contributed by atoms with Crippen LogP contribution >= 0.6 is 11.3 Å². The molecule has 5 aromatic rings. The van der Waals surface area contributed by atoms with Gasteiger partial charge in [0.2, 0.25) is 0 Å². The molecule has 2 aliphatic rings. The maximum absolute atomic E-state index is 13.7. The predicted molar refractivity (Wildman–Crippen MR) is 168 cm³/mol. The van der Waals surface area contributed by atoms with E-state index < -0.39 is 17.7 Å². The Morgan fingerprint density at radius 1 is 1.00 bits per heavy atom. The van der Waals surface area contributed by atoms with Gasteiger partial charge in [-0.2, -0.15) is 0 Å². The number of aromatic nitrogens is 1. The Bertz CT molecular complexity index is 1930. The number of Topliss-reactive ketones (excluding diaryl/α,β-unsaturated/α-hetero) is 1. The van der Waals surface area contributed by atoms with Crippen LogP contribution in [0.1, 0.15) is 35.2 Å². The Morgan fingerprint density at radius 3 is 2.55 bits per heavy atom. The first-order valence-electron chi connectivity index (χ1n) is 14.2. The zero-order valence-corrected chi connectivity index (χ0v) is 24.8. The lowest BCUT2D eigenvalue weighted by atomic mass is 9.94. The van der Waals surface area contributed by atoms with Gasteiger partial charge in [-0.25, -0.2) is 4.98 Å². The summed E-state index contributed by atoms with van der Waals surface area (Å²) in [4.78, 5) is 33.5. The number of aliphatic hydroxyl groups excluding tert-OH is 1. The summed E-state index contributed by atoms with van der Waals surface area (Å²) in [5.41, 5.74) is 3.72. The second kappa shape index (κ2) is 11.2. The molecule has 1 amide bonds. The molecule has 0 saturated carbocycles. The number of carbonyl (C=O) groups is 2. The molecule has 1 N–H and O–H groups in total. The number of thiazole rings is 1. The highest BCUT2D eigenvalue weighted by Gasteiger charge is 2.48. The highest BCUT2D eigenvalue weighted by atomic mass is 32.1. The molecule has 3 heterocycles. The number of ketones is 1. The number of hydrogen-bond acceptors (Lipinski definition) is 8. The zero-order chi connectivity index (χ0) is 30.4. The Kier molecular flexibility index (Phi) is 7.02. The molecule has 0 unspecified atom stereocenters. The number of nitrogens with zero attached hydrogens (tertiary/aromatic N) is 2. The molecule has 7 rings (SSSR count). The average Bonchev–Trinajstić information content (AvgIpc) is 3.72. The largest absolute Gasteiger partial charge is 0.507 e. The summed E-state index contributed by atoms with van der Waals surface area (Å²) in [5, 5.41) is 12.0. The van der Waals surface area contributed by atoms with E-state index in [-0.39, 0.29) is 17.4 Å². The maximum Gasteiger partial charge on any atom is 0.301 e. The highest BCUT2D eigenvalue weighted by molar-refractivity contribution is 7.22. The third-order valence-corrected chi connectivity index (χ3v) is 8.87. The van der Waals surface area contributed by atoms with Gasteiger partial charge in [-0.1, -0.05) is 53.8 Å². The van der Waals surface area contributed by atoms with Crippen molar-refractivity contribution in [1.82, 2.24) is 4.98 Å². The molecule has 1 fully saturated rings. The Hall–Kier alpha value is -5.15. The summed E-state index contributed by atoms with van der Waals surface area (Å²) in [6.07, 6.45) is 0.710. The number of benzene rings is 4. The van der Waals surface area contributed by atoms with Gasteiger partial charge in [-0.05, 0) is 72.1 Å². The standard InChI is InChI=1S/C35H28N2O6S/c1-20-16-24-17-23(10-15-28(24)43-20)32(38)30-31(22-8-11-25(12-9-22)42-19-21-6-4-3-5-7-21)37(34(40)33(30)39)35-36-27-14-13-26(41-2)18-29(27)44-35/h3-15,17-18,20,31,38H,16,19H2,1-2H3/b32-30+/t20-,31-/m1/s1. The normalized spacial score (nSPS) is 18.8. The SMILES string of the molecule is COc1ccc2nc(N3C(=O)C(=O)/C(=C(/O)c4ccc5c(c4)C[C@@H](C)O5)[C@H]3c3ccc(OCc4ccccc4)cc3)sc2c1. The van der Waals surface area contributed by atoms with Crippen LogP contribution < -0.4 is 19.1 Å². The molecule has 1 aromatic heterocycles. The number of amides is 1. The van der Waals surface area contributed by atoms with E-state index in [1.165, 1.54) is 16.2 Å². The first kappa shape index (κ1) is 27.7. The quantitative estimate of drug-likeness (QED) is 0.123. The number of aliphatic hydroxyl groups is 1. The van der Waals surface area contributed by atoms with E-state index >= 15 is 0 Å². The summed E-state index contributed by atoms with van der Waals surface area (Å²) < 4.78 is 18.0. The minimum atomic E-state index is -0.913. The van der Waals surface area contributed by atoms with Crippen LogP contribution in [0, 0.1) is 0 Å². The van der Waals surface area contributed by atoms with Crippen LogP contribution in [0.4, 0.5) is 5.13 Å². The van der Waals surface area contributed by atoms with Crippen LogP contribution in [0.25, 0.3) is 16.0 Å². The van der Waals surface area contributed by atoms with Gasteiger partial charge < -0.3 is 19.3 Å². The van der Waals surface area contributed by atoms with Crippen molar-refractivity contribution in [3.63, 3.8) is 0 Å². The molecule has 0 spiro atoms. The Balaban J connectivity index is 1.31. The molecular weight excluding hydrogens is 576 g/mol. The van der Waals surface area contributed by atoms with Crippen LogP contribution in [-0.2, 0) is 22.6 Å². The van der Waals surface area contributed by atoms with E-state index in [1.807, 2.05) is 67.6 Å². The van der Waals surface area contributed by atoms with Crippen LogP contribution in [0.3, 0.4) is 0 Å². The number of hydrogen-bond donors (Lipinski definition) is 1. The molecule has 2 aliphatic heterocycles. The average molecular weight is 605 g/mol. The number of methoxy groups -OCH3 is 1. The third-order valence-electron chi connectivity index (χ3n) is 7.85. The summed E-state index contributed by atoms with van der Waals surface area (Å²) in [7, 11) is 1.58.